The van der Waals surface area contributed by atoms with Crippen molar-refractivity contribution in [2.24, 2.45) is 5.84 Å². The SMILES string of the molecule is NNc1ncnc(Sc2ccc(F)cc2F)c1[N+](=O)[O-]. The fraction of sp³-hybridized carbons (Fsp3) is 0. The Balaban J connectivity index is 2.45. The average molecular weight is 299 g/mol. The van der Waals surface area contributed by atoms with Gasteiger partial charge >= 0.3 is 5.69 Å². The summed E-state index contributed by atoms with van der Waals surface area (Å²) in [4.78, 5) is 17.6. The highest BCUT2D eigenvalue weighted by Crippen LogP contribution is 2.37. The molecule has 0 aliphatic rings. The molecule has 3 N–H and O–H groups in total. The van der Waals surface area contributed by atoms with Crippen molar-refractivity contribution in [1.29, 1.82) is 0 Å². The molecule has 0 saturated heterocycles. The molecule has 10 heteroatoms. The van der Waals surface area contributed by atoms with Gasteiger partial charge in [0.05, 0.1) is 4.92 Å². The third-order valence-corrected chi connectivity index (χ3v) is 3.25. The zero-order valence-corrected chi connectivity index (χ0v) is 10.5. The van der Waals surface area contributed by atoms with Gasteiger partial charge in [0.25, 0.3) is 0 Å². The monoisotopic (exact) mass is 299 g/mol. The van der Waals surface area contributed by atoms with E-state index in [1.165, 1.54) is 0 Å². The van der Waals surface area contributed by atoms with E-state index in [4.69, 9.17) is 5.84 Å². The average Bonchev–Trinajstić information content (AvgIpc) is 2.41. The lowest BCUT2D eigenvalue weighted by Gasteiger charge is -2.05. The Hall–Kier alpha value is -2.33. The Morgan fingerprint density at radius 3 is 2.70 bits per heavy atom. The van der Waals surface area contributed by atoms with Crippen molar-refractivity contribution in [2.45, 2.75) is 9.92 Å². The first-order chi connectivity index (χ1) is 9.52. The maximum Gasteiger partial charge on any atom is 0.344 e. The van der Waals surface area contributed by atoms with Crippen molar-refractivity contribution in [1.82, 2.24) is 9.97 Å². The van der Waals surface area contributed by atoms with Gasteiger partial charge in [-0.3, -0.25) is 10.1 Å². The predicted molar refractivity (Wildman–Crippen MR) is 67.0 cm³/mol. The molecule has 1 aromatic heterocycles. The van der Waals surface area contributed by atoms with Gasteiger partial charge in [-0.1, -0.05) is 11.8 Å². The highest BCUT2D eigenvalue weighted by molar-refractivity contribution is 7.99. The Morgan fingerprint density at radius 2 is 2.10 bits per heavy atom. The number of halogens is 2. The van der Waals surface area contributed by atoms with Crippen LogP contribution in [0.25, 0.3) is 0 Å². The molecule has 0 unspecified atom stereocenters. The summed E-state index contributed by atoms with van der Waals surface area (Å²) in [5.74, 6) is 3.34. The Kier molecular flexibility index (Phi) is 4.05. The Labute approximate surface area is 115 Å². The van der Waals surface area contributed by atoms with Gasteiger partial charge < -0.3 is 5.43 Å². The first kappa shape index (κ1) is 14.1. The van der Waals surface area contributed by atoms with E-state index in [1.54, 1.807) is 0 Å². The Morgan fingerprint density at radius 1 is 1.35 bits per heavy atom. The number of nitrogens with two attached hydrogens (primary N) is 1. The molecular weight excluding hydrogens is 292 g/mol. The number of aromatic nitrogens is 2. The van der Waals surface area contributed by atoms with E-state index in [1.807, 2.05) is 0 Å². The summed E-state index contributed by atoms with van der Waals surface area (Å²) >= 11 is 0.677. The summed E-state index contributed by atoms with van der Waals surface area (Å²) in [6.07, 6.45) is 1.05. The van der Waals surface area contributed by atoms with E-state index in [2.05, 4.69) is 15.4 Å². The van der Waals surface area contributed by atoms with Crippen molar-refractivity contribution in [2.75, 3.05) is 5.43 Å². The number of nitrogens with one attached hydrogen (secondary N) is 1. The summed E-state index contributed by atoms with van der Waals surface area (Å²) < 4.78 is 26.3. The number of benzene rings is 1. The summed E-state index contributed by atoms with van der Waals surface area (Å²) in [6.45, 7) is 0. The number of hydrogen-bond acceptors (Lipinski definition) is 7. The molecule has 0 amide bonds. The van der Waals surface area contributed by atoms with E-state index < -0.39 is 22.2 Å². The fourth-order valence-electron chi connectivity index (χ4n) is 1.37. The minimum Gasteiger partial charge on any atom is -0.303 e. The molecule has 1 heterocycles. The van der Waals surface area contributed by atoms with E-state index >= 15 is 0 Å². The summed E-state index contributed by atoms with van der Waals surface area (Å²) in [5.41, 5.74) is 1.58. The topological polar surface area (TPSA) is 107 Å². The smallest absolute Gasteiger partial charge is 0.303 e. The summed E-state index contributed by atoms with van der Waals surface area (Å²) in [5, 5.41) is 10.9. The second-order valence-electron chi connectivity index (χ2n) is 3.45. The second-order valence-corrected chi connectivity index (χ2v) is 4.48. The highest BCUT2D eigenvalue weighted by atomic mass is 32.2. The van der Waals surface area contributed by atoms with Gasteiger partial charge in [0, 0.05) is 11.0 Å². The lowest BCUT2D eigenvalue weighted by molar-refractivity contribution is -0.387. The molecule has 0 aliphatic carbocycles. The van der Waals surface area contributed by atoms with Crippen molar-refractivity contribution >= 4 is 23.3 Å². The van der Waals surface area contributed by atoms with Gasteiger partial charge in [-0.2, -0.15) is 0 Å². The van der Waals surface area contributed by atoms with Crippen LogP contribution in [0.2, 0.25) is 0 Å². The quantitative estimate of drug-likeness (QED) is 0.385. The van der Waals surface area contributed by atoms with Gasteiger partial charge in [-0.05, 0) is 12.1 Å². The van der Waals surface area contributed by atoms with E-state index in [0.717, 1.165) is 18.5 Å². The molecule has 2 aromatic rings. The molecule has 0 aliphatic heterocycles. The van der Waals surface area contributed by atoms with Crippen LogP contribution in [0.1, 0.15) is 0 Å². The van der Waals surface area contributed by atoms with Crippen LogP contribution in [0.5, 0.6) is 0 Å². The summed E-state index contributed by atoms with van der Waals surface area (Å²) in [7, 11) is 0. The fourth-order valence-corrected chi connectivity index (χ4v) is 2.24. The largest absolute Gasteiger partial charge is 0.344 e. The van der Waals surface area contributed by atoms with Crippen LogP contribution in [-0.4, -0.2) is 14.9 Å². The van der Waals surface area contributed by atoms with Gasteiger partial charge in [0.1, 0.15) is 18.0 Å². The third-order valence-electron chi connectivity index (χ3n) is 2.21. The zero-order valence-electron chi connectivity index (χ0n) is 9.71. The van der Waals surface area contributed by atoms with E-state index in [9.17, 15) is 18.9 Å². The lowest BCUT2D eigenvalue weighted by atomic mass is 10.3. The number of nitrogens with zero attached hydrogens (tertiary/aromatic N) is 3. The molecule has 0 spiro atoms. The first-order valence-electron chi connectivity index (χ1n) is 5.12. The Bertz CT molecular complexity index is 670. The van der Waals surface area contributed by atoms with Crippen molar-refractivity contribution < 1.29 is 13.7 Å². The number of nitrogen functional groups attached to an aromatic ring is 1. The van der Waals surface area contributed by atoms with Gasteiger partial charge in [-0.15, -0.1) is 0 Å². The standard InChI is InChI=1S/C10H7F2N5O2S/c11-5-1-2-7(6(12)3-5)20-10-8(17(18)19)9(16-13)14-4-15-10/h1-4H,13H2,(H,14,15,16). The molecule has 1 aromatic carbocycles. The van der Waals surface area contributed by atoms with Crippen molar-refractivity contribution in [3.63, 3.8) is 0 Å². The van der Waals surface area contributed by atoms with Crippen LogP contribution in [0, 0.1) is 21.7 Å². The van der Waals surface area contributed by atoms with Gasteiger partial charge in [0.15, 0.2) is 5.03 Å². The molecular formula is C10H7F2N5O2S. The molecule has 2 rings (SSSR count). The number of hydrazine groups is 1. The lowest BCUT2D eigenvalue weighted by Crippen LogP contribution is -2.12. The van der Waals surface area contributed by atoms with Crippen LogP contribution < -0.4 is 11.3 Å². The molecule has 104 valence electrons. The molecule has 0 bridgehead atoms. The maximum atomic E-state index is 13.5. The van der Waals surface area contributed by atoms with Crippen LogP contribution in [0.4, 0.5) is 20.3 Å². The predicted octanol–water partition coefficient (Wildman–Crippen LogP) is 2.10. The van der Waals surface area contributed by atoms with Crippen LogP contribution >= 0.6 is 11.8 Å². The van der Waals surface area contributed by atoms with Crippen LogP contribution in [0.3, 0.4) is 0 Å². The normalized spacial score (nSPS) is 10.3. The molecule has 20 heavy (non-hydrogen) atoms. The number of rotatable bonds is 4. The molecule has 0 fully saturated rings. The molecule has 7 nitrogen and oxygen atoms in total. The maximum absolute atomic E-state index is 13.5. The highest BCUT2D eigenvalue weighted by Gasteiger charge is 2.24. The van der Waals surface area contributed by atoms with Crippen molar-refractivity contribution in [3.05, 3.63) is 46.3 Å². The number of nitro groups is 1. The van der Waals surface area contributed by atoms with E-state index in [0.29, 0.717) is 17.8 Å². The van der Waals surface area contributed by atoms with Crippen LogP contribution in [-0.2, 0) is 0 Å². The number of hydrogen-bond donors (Lipinski definition) is 2. The van der Waals surface area contributed by atoms with Gasteiger partial charge in [-0.25, -0.2) is 24.6 Å². The minimum absolute atomic E-state index is 0.00354. The first-order valence-corrected chi connectivity index (χ1v) is 5.93. The second kappa shape index (κ2) is 5.75. The molecule has 0 radical (unpaired) electrons. The van der Waals surface area contributed by atoms with Gasteiger partial charge in [0.2, 0.25) is 5.82 Å². The molecule has 0 saturated carbocycles. The van der Waals surface area contributed by atoms with Crippen molar-refractivity contribution in [3.8, 4) is 0 Å². The minimum atomic E-state index is -0.842. The third kappa shape index (κ3) is 2.81. The molecule has 0 atom stereocenters. The van der Waals surface area contributed by atoms with E-state index in [-0.39, 0.29) is 15.7 Å². The van der Waals surface area contributed by atoms with Crippen LogP contribution in [0.15, 0.2) is 34.4 Å². The summed E-state index contributed by atoms with van der Waals surface area (Å²) in [6, 6.07) is 2.88. The number of anilines is 1. The zero-order chi connectivity index (χ0) is 14.7.